The molecule has 3 atom stereocenters. The van der Waals surface area contributed by atoms with Gasteiger partial charge in [0.05, 0.1) is 0 Å². The van der Waals surface area contributed by atoms with Gasteiger partial charge in [-0.15, -0.1) is 0 Å². The monoisotopic (exact) mass is 267 g/mol. The summed E-state index contributed by atoms with van der Waals surface area (Å²) in [4.78, 5) is 14.3. The van der Waals surface area contributed by atoms with Gasteiger partial charge in [-0.3, -0.25) is 4.79 Å². The second-order valence-electron chi connectivity index (χ2n) is 6.70. The van der Waals surface area contributed by atoms with E-state index in [-0.39, 0.29) is 5.91 Å². The SMILES string of the molecule is CNC(CN(C)C1CCCC(C)C1)(C(N)=O)C1CC1. The number of likely N-dealkylation sites (N-methyl/N-ethyl adjacent to an activating group) is 2. The Morgan fingerprint density at radius 2 is 2.05 bits per heavy atom. The highest BCUT2D eigenvalue weighted by Gasteiger charge is 2.49. The summed E-state index contributed by atoms with van der Waals surface area (Å²) < 4.78 is 0. The zero-order valence-corrected chi connectivity index (χ0v) is 12.6. The van der Waals surface area contributed by atoms with Crippen LogP contribution in [0.4, 0.5) is 0 Å². The Morgan fingerprint density at radius 3 is 2.53 bits per heavy atom. The highest BCUT2D eigenvalue weighted by molar-refractivity contribution is 5.86. The molecule has 0 spiro atoms. The molecule has 0 bridgehead atoms. The van der Waals surface area contributed by atoms with Gasteiger partial charge in [-0.25, -0.2) is 0 Å². The summed E-state index contributed by atoms with van der Waals surface area (Å²) in [5, 5.41) is 3.24. The molecule has 2 aliphatic carbocycles. The standard InChI is InChI=1S/C15H29N3O/c1-11-5-4-6-13(9-11)18(3)10-15(17-2,14(16)19)12-7-8-12/h11-13,17H,4-10H2,1-3H3,(H2,16,19). The molecule has 0 aromatic heterocycles. The van der Waals surface area contributed by atoms with Crippen molar-refractivity contribution in [3.05, 3.63) is 0 Å². The average molecular weight is 267 g/mol. The maximum Gasteiger partial charge on any atom is 0.239 e. The molecule has 2 fully saturated rings. The number of nitrogens with one attached hydrogen (secondary N) is 1. The van der Waals surface area contributed by atoms with E-state index in [0.29, 0.717) is 12.0 Å². The van der Waals surface area contributed by atoms with Gasteiger partial charge < -0.3 is 16.0 Å². The average Bonchev–Trinajstić information content (AvgIpc) is 3.20. The molecule has 3 N–H and O–H groups in total. The summed E-state index contributed by atoms with van der Waals surface area (Å²) in [5.41, 5.74) is 5.18. The lowest BCUT2D eigenvalue weighted by Gasteiger charge is -2.40. The van der Waals surface area contributed by atoms with Gasteiger partial charge in [0.1, 0.15) is 5.54 Å². The minimum atomic E-state index is -0.518. The molecule has 2 rings (SSSR count). The zero-order chi connectivity index (χ0) is 14.0. The molecule has 2 saturated carbocycles. The van der Waals surface area contributed by atoms with E-state index in [0.717, 1.165) is 25.3 Å². The van der Waals surface area contributed by atoms with E-state index < -0.39 is 5.54 Å². The number of carbonyl (C=O) groups excluding carboxylic acids is 1. The lowest BCUT2D eigenvalue weighted by molar-refractivity contribution is -0.126. The zero-order valence-electron chi connectivity index (χ0n) is 12.6. The van der Waals surface area contributed by atoms with Crippen LogP contribution >= 0.6 is 0 Å². The molecule has 19 heavy (non-hydrogen) atoms. The Hall–Kier alpha value is -0.610. The molecule has 0 aromatic rings. The van der Waals surface area contributed by atoms with E-state index >= 15 is 0 Å². The molecule has 1 amide bonds. The molecule has 0 aliphatic heterocycles. The molecule has 110 valence electrons. The molecule has 0 radical (unpaired) electrons. The first-order valence-electron chi connectivity index (χ1n) is 7.68. The molecule has 0 aromatic carbocycles. The quantitative estimate of drug-likeness (QED) is 0.764. The number of hydrogen-bond donors (Lipinski definition) is 2. The van der Waals surface area contributed by atoms with Crippen molar-refractivity contribution in [1.82, 2.24) is 10.2 Å². The smallest absolute Gasteiger partial charge is 0.239 e. The molecular formula is C15H29N3O. The van der Waals surface area contributed by atoms with Gasteiger partial charge in [0.25, 0.3) is 0 Å². The fraction of sp³-hybridized carbons (Fsp3) is 0.933. The van der Waals surface area contributed by atoms with Gasteiger partial charge in [0.2, 0.25) is 5.91 Å². The van der Waals surface area contributed by atoms with E-state index in [2.05, 4.69) is 24.2 Å². The van der Waals surface area contributed by atoms with Crippen LogP contribution in [-0.4, -0.2) is 43.0 Å². The van der Waals surface area contributed by atoms with Gasteiger partial charge in [-0.05, 0) is 51.6 Å². The van der Waals surface area contributed by atoms with E-state index in [4.69, 9.17) is 5.73 Å². The minimum Gasteiger partial charge on any atom is -0.368 e. The second kappa shape index (κ2) is 5.80. The number of nitrogens with zero attached hydrogens (tertiary/aromatic N) is 1. The van der Waals surface area contributed by atoms with Gasteiger partial charge in [0, 0.05) is 12.6 Å². The van der Waals surface area contributed by atoms with Gasteiger partial charge in [0.15, 0.2) is 0 Å². The Labute approximate surface area is 117 Å². The summed E-state index contributed by atoms with van der Waals surface area (Å²) in [6, 6.07) is 0.606. The lowest BCUT2D eigenvalue weighted by atomic mass is 9.84. The Bertz CT molecular complexity index is 329. The van der Waals surface area contributed by atoms with Crippen LogP contribution in [0.25, 0.3) is 0 Å². The van der Waals surface area contributed by atoms with Crippen molar-refractivity contribution >= 4 is 5.91 Å². The third kappa shape index (κ3) is 3.11. The van der Waals surface area contributed by atoms with Crippen LogP contribution in [0.15, 0.2) is 0 Å². The van der Waals surface area contributed by atoms with Crippen LogP contribution in [0.1, 0.15) is 45.4 Å². The number of carbonyl (C=O) groups is 1. The van der Waals surface area contributed by atoms with Crippen LogP contribution in [0, 0.1) is 11.8 Å². The largest absolute Gasteiger partial charge is 0.368 e. The van der Waals surface area contributed by atoms with E-state index in [1.165, 1.54) is 25.7 Å². The van der Waals surface area contributed by atoms with Crippen molar-refractivity contribution in [2.45, 2.75) is 57.0 Å². The maximum absolute atomic E-state index is 11.9. The fourth-order valence-electron chi connectivity index (χ4n) is 3.72. The van der Waals surface area contributed by atoms with Crippen LogP contribution in [-0.2, 0) is 4.79 Å². The number of amides is 1. The van der Waals surface area contributed by atoms with Gasteiger partial charge >= 0.3 is 0 Å². The normalized spacial score (nSPS) is 31.2. The topological polar surface area (TPSA) is 58.4 Å². The predicted molar refractivity (Wildman–Crippen MR) is 77.8 cm³/mol. The van der Waals surface area contributed by atoms with Crippen LogP contribution < -0.4 is 11.1 Å². The van der Waals surface area contributed by atoms with Crippen molar-refractivity contribution in [1.29, 1.82) is 0 Å². The summed E-state index contributed by atoms with van der Waals surface area (Å²) >= 11 is 0. The van der Waals surface area contributed by atoms with Crippen LogP contribution in [0.3, 0.4) is 0 Å². The van der Waals surface area contributed by atoms with Gasteiger partial charge in [-0.2, -0.15) is 0 Å². The molecule has 4 nitrogen and oxygen atoms in total. The molecule has 4 heteroatoms. The van der Waals surface area contributed by atoms with Crippen molar-refractivity contribution in [3.8, 4) is 0 Å². The minimum absolute atomic E-state index is 0.187. The number of primary amides is 1. The maximum atomic E-state index is 11.9. The Kier molecular flexibility index (Phi) is 4.51. The highest BCUT2D eigenvalue weighted by atomic mass is 16.1. The first-order chi connectivity index (χ1) is 8.99. The van der Waals surface area contributed by atoms with Crippen LogP contribution in [0.2, 0.25) is 0 Å². The van der Waals surface area contributed by atoms with E-state index in [1.54, 1.807) is 0 Å². The number of hydrogen-bond acceptors (Lipinski definition) is 3. The summed E-state index contributed by atoms with van der Waals surface area (Å²) in [5.74, 6) is 1.05. The molecular weight excluding hydrogens is 238 g/mol. The first-order valence-corrected chi connectivity index (χ1v) is 7.68. The molecule has 3 unspecified atom stereocenters. The Morgan fingerprint density at radius 1 is 1.37 bits per heavy atom. The predicted octanol–water partition coefficient (Wildman–Crippen LogP) is 1.35. The third-order valence-corrected chi connectivity index (χ3v) is 5.19. The summed E-state index contributed by atoms with van der Waals surface area (Å²) in [6.07, 6.45) is 7.41. The lowest BCUT2D eigenvalue weighted by Crippen LogP contribution is -2.62. The van der Waals surface area contributed by atoms with E-state index in [1.807, 2.05) is 7.05 Å². The number of rotatable bonds is 6. The Balaban J connectivity index is 2.02. The summed E-state index contributed by atoms with van der Waals surface area (Å²) in [6.45, 7) is 3.08. The van der Waals surface area contributed by atoms with Crippen molar-refractivity contribution in [2.24, 2.45) is 17.6 Å². The van der Waals surface area contributed by atoms with Gasteiger partial charge in [-0.1, -0.05) is 19.8 Å². The van der Waals surface area contributed by atoms with Crippen LogP contribution in [0.5, 0.6) is 0 Å². The fourth-order valence-corrected chi connectivity index (χ4v) is 3.72. The first kappa shape index (κ1) is 14.8. The second-order valence-corrected chi connectivity index (χ2v) is 6.70. The summed E-state index contributed by atoms with van der Waals surface area (Å²) in [7, 11) is 4.03. The van der Waals surface area contributed by atoms with Crippen molar-refractivity contribution in [3.63, 3.8) is 0 Å². The molecule has 2 aliphatic rings. The van der Waals surface area contributed by atoms with Crippen molar-refractivity contribution < 1.29 is 4.79 Å². The third-order valence-electron chi connectivity index (χ3n) is 5.19. The van der Waals surface area contributed by atoms with E-state index in [9.17, 15) is 4.79 Å². The van der Waals surface area contributed by atoms with Crippen molar-refractivity contribution in [2.75, 3.05) is 20.6 Å². The molecule has 0 heterocycles. The number of nitrogens with two attached hydrogens (primary N) is 1. The highest BCUT2D eigenvalue weighted by Crippen LogP contribution is 2.40. The molecule has 0 saturated heterocycles.